The molecule has 1 amide bonds. The Morgan fingerprint density at radius 3 is 2.92 bits per heavy atom. The average molecular weight is 330 g/mol. The number of rotatable bonds is 8. The molecule has 1 aromatic carbocycles. The van der Waals surface area contributed by atoms with Gasteiger partial charge in [0.2, 0.25) is 5.91 Å². The lowest BCUT2D eigenvalue weighted by Crippen LogP contribution is -2.19. The van der Waals surface area contributed by atoms with Crippen LogP contribution in [0.3, 0.4) is 0 Å². The number of amides is 1. The highest BCUT2D eigenvalue weighted by atomic mass is 16.5. The Morgan fingerprint density at radius 2 is 2.21 bits per heavy atom. The van der Waals surface area contributed by atoms with Crippen molar-refractivity contribution in [3.63, 3.8) is 0 Å². The molecule has 1 saturated carbocycles. The van der Waals surface area contributed by atoms with Crippen molar-refractivity contribution in [3.05, 3.63) is 41.7 Å². The lowest BCUT2D eigenvalue weighted by molar-refractivity contribution is -0.116. The van der Waals surface area contributed by atoms with Crippen molar-refractivity contribution in [2.45, 2.75) is 26.0 Å². The Kier molecular flexibility index (Phi) is 4.85. The zero-order valence-electron chi connectivity index (χ0n) is 13.0. The third kappa shape index (κ3) is 4.63. The van der Waals surface area contributed by atoms with Gasteiger partial charge in [0.1, 0.15) is 6.54 Å². The van der Waals surface area contributed by atoms with Crippen molar-refractivity contribution in [3.8, 4) is 0 Å². The summed E-state index contributed by atoms with van der Waals surface area (Å²) in [5.41, 5.74) is 1.45. The molecular weight excluding hydrogens is 312 g/mol. The van der Waals surface area contributed by atoms with E-state index in [4.69, 9.17) is 9.84 Å². The van der Waals surface area contributed by atoms with Gasteiger partial charge in [-0.05, 0) is 36.5 Å². The summed E-state index contributed by atoms with van der Waals surface area (Å²) >= 11 is 0. The molecule has 2 N–H and O–H groups in total. The van der Waals surface area contributed by atoms with E-state index in [1.54, 1.807) is 6.07 Å². The van der Waals surface area contributed by atoms with E-state index in [9.17, 15) is 9.59 Å². The van der Waals surface area contributed by atoms with E-state index >= 15 is 0 Å². The second-order valence-corrected chi connectivity index (χ2v) is 5.81. The molecule has 0 unspecified atom stereocenters. The van der Waals surface area contributed by atoms with Crippen molar-refractivity contribution in [2.75, 3.05) is 11.9 Å². The number of anilines is 1. The minimum Gasteiger partial charge on any atom is -0.476 e. The minimum absolute atomic E-state index is 0.108. The van der Waals surface area contributed by atoms with Crippen LogP contribution in [0.25, 0.3) is 0 Å². The number of carboxylic acid groups (broad SMARTS) is 1. The van der Waals surface area contributed by atoms with E-state index in [1.165, 1.54) is 23.7 Å². The smallest absolute Gasteiger partial charge is 0.358 e. The van der Waals surface area contributed by atoms with Crippen LogP contribution in [0.1, 0.15) is 28.9 Å². The first-order valence-corrected chi connectivity index (χ1v) is 7.70. The van der Waals surface area contributed by atoms with Crippen LogP contribution >= 0.6 is 0 Å². The van der Waals surface area contributed by atoms with Crippen LogP contribution in [0, 0.1) is 5.92 Å². The fraction of sp³-hybridized carbons (Fsp3) is 0.375. The van der Waals surface area contributed by atoms with E-state index < -0.39 is 5.97 Å². The van der Waals surface area contributed by atoms with Gasteiger partial charge in [0, 0.05) is 12.3 Å². The van der Waals surface area contributed by atoms with Gasteiger partial charge in [0.15, 0.2) is 5.69 Å². The highest BCUT2D eigenvalue weighted by Gasteiger charge is 2.21. The average Bonchev–Trinajstić information content (AvgIpc) is 3.24. The molecule has 3 rings (SSSR count). The molecule has 1 fully saturated rings. The summed E-state index contributed by atoms with van der Waals surface area (Å²) in [5, 5.41) is 18.6. The summed E-state index contributed by atoms with van der Waals surface area (Å²) in [5.74, 6) is -0.778. The van der Waals surface area contributed by atoms with Gasteiger partial charge in [-0.2, -0.15) is 0 Å². The number of benzene rings is 1. The molecule has 0 aliphatic heterocycles. The summed E-state index contributed by atoms with van der Waals surface area (Å²) in [6.07, 6.45) is 3.72. The molecule has 8 heteroatoms. The maximum Gasteiger partial charge on any atom is 0.358 e. The molecule has 0 spiro atoms. The topological polar surface area (TPSA) is 106 Å². The number of aromatic nitrogens is 3. The maximum atomic E-state index is 12.0. The molecule has 1 aliphatic carbocycles. The fourth-order valence-corrected chi connectivity index (χ4v) is 2.19. The number of carboxylic acids is 1. The van der Waals surface area contributed by atoms with Crippen molar-refractivity contribution in [1.29, 1.82) is 0 Å². The van der Waals surface area contributed by atoms with Crippen molar-refractivity contribution in [1.82, 2.24) is 15.0 Å². The van der Waals surface area contributed by atoms with Crippen molar-refractivity contribution < 1.29 is 19.4 Å². The third-order valence-corrected chi connectivity index (χ3v) is 3.59. The SMILES string of the molecule is O=C(Cn1cc(C(=O)O)nn1)Nc1cccc(COCC2CC2)c1. The van der Waals surface area contributed by atoms with Crippen molar-refractivity contribution in [2.24, 2.45) is 5.92 Å². The lowest BCUT2D eigenvalue weighted by atomic mass is 10.2. The highest BCUT2D eigenvalue weighted by Crippen LogP contribution is 2.29. The van der Waals surface area contributed by atoms with Gasteiger partial charge in [-0.25, -0.2) is 9.48 Å². The number of hydrogen-bond acceptors (Lipinski definition) is 5. The van der Waals surface area contributed by atoms with Crippen LogP contribution in [0.5, 0.6) is 0 Å². The van der Waals surface area contributed by atoms with Crippen LogP contribution in [0.15, 0.2) is 30.5 Å². The number of nitrogens with one attached hydrogen (secondary N) is 1. The molecule has 0 radical (unpaired) electrons. The van der Waals surface area contributed by atoms with Gasteiger partial charge in [0.05, 0.1) is 12.8 Å². The number of nitrogens with zero attached hydrogens (tertiary/aromatic N) is 3. The number of aromatic carboxylic acids is 1. The first-order valence-electron chi connectivity index (χ1n) is 7.70. The molecule has 1 aliphatic rings. The quantitative estimate of drug-likeness (QED) is 0.760. The fourth-order valence-electron chi connectivity index (χ4n) is 2.19. The first-order chi connectivity index (χ1) is 11.6. The second-order valence-electron chi connectivity index (χ2n) is 5.81. The monoisotopic (exact) mass is 330 g/mol. The van der Waals surface area contributed by atoms with E-state index in [1.807, 2.05) is 18.2 Å². The van der Waals surface area contributed by atoms with E-state index in [-0.39, 0.29) is 18.1 Å². The van der Waals surface area contributed by atoms with Crippen LogP contribution in [-0.2, 0) is 22.7 Å². The standard InChI is InChI=1S/C16H18N4O4/c21-15(8-20-7-14(16(22)23)18-19-20)17-13-3-1-2-12(6-13)10-24-9-11-4-5-11/h1-3,6-7,11H,4-5,8-10H2,(H,17,21)(H,22,23). The van der Waals surface area contributed by atoms with Gasteiger partial charge in [-0.1, -0.05) is 17.3 Å². The second kappa shape index (κ2) is 7.22. The molecule has 126 valence electrons. The Morgan fingerprint density at radius 1 is 1.38 bits per heavy atom. The molecule has 2 aromatic rings. The Hall–Kier alpha value is -2.74. The number of carbonyl (C=O) groups excluding carboxylic acids is 1. The predicted molar refractivity (Wildman–Crippen MR) is 84.4 cm³/mol. The van der Waals surface area contributed by atoms with Crippen LogP contribution in [-0.4, -0.2) is 38.6 Å². The first kappa shape index (κ1) is 16.1. The Balaban J connectivity index is 1.51. The molecule has 1 heterocycles. The summed E-state index contributed by atoms with van der Waals surface area (Å²) in [6.45, 7) is 1.20. The normalized spacial score (nSPS) is 13.7. The number of carbonyl (C=O) groups is 2. The zero-order chi connectivity index (χ0) is 16.9. The Bertz CT molecular complexity index is 739. The zero-order valence-corrected chi connectivity index (χ0v) is 13.0. The predicted octanol–water partition coefficient (Wildman–Crippen LogP) is 1.54. The molecular formula is C16H18N4O4. The van der Waals surface area contributed by atoms with Crippen LogP contribution < -0.4 is 5.32 Å². The van der Waals surface area contributed by atoms with Gasteiger partial charge < -0.3 is 15.2 Å². The van der Waals surface area contributed by atoms with Gasteiger partial charge in [-0.3, -0.25) is 4.79 Å². The van der Waals surface area contributed by atoms with Gasteiger partial charge in [0.25, 0.3) is 0 Å². The Labute approximate surface area is 138 Å². The molecule has 24 heavy (non-hydrogen) atoms. The summed E-state index contributed by atoms with van der Waals surface area (Å²) in [6, 6.07) is 7.43. The van der Waals surface area contributed by atoms with Gasteiger partial charge in [-0.15, -0.1) is 5.10 Å². The third-order valence-electron chi connectivity index (χ3n) is 3.59. The maximum absolute atomic E-state index is 12.0. The summed E-state index contributed by atoms with van der Waals surface area (Å²) in [7, 11) is 0. The van der Waals surface area contributed by atoms with E-state index in [0.29, 0.717) is 18.2 Å². The largest absolute Gasteiger partial charge is 0.476 e. The van der Waals surface area contributed by atoms with Gasteiger partial charge >= 0.3 is 5.97 Å². The molecule has 0 atom stereocenters. The van der Waals surface area contributed by atoms with E-state index in [2.05, 4.69) is 15.6 Å². The highest BCUT2D eigenvalue weighted by molar-refractivity contribution is 5.90. The van der Waals surface area contributed by atoms with Crippen LogP contribution in [0.2, 0.25) is 0 Å². The minimum atomic E-state index is -1.18. The lowest BCUT2D eigenvalue weighted by Gasteiger charge is -2.08. The summed E-state index contributed by atoms with van der Waals surface area (Å²) in [4.78, 5) is 22.7. The van der Waals surface area contributed by atoms with E-state index in [0.717, 1.165) is 12.2 Å². The number of ether oxygens (including phenoxy) is 1. The van der Waals surface area contributed by atoms with Crippen LogP contribution in [0.4, 0.5) is 5.69 Å². The molecule has 0 bridgehead atoms. The molecule has 1 aromatic heterocycles. The molecule has 8 nitrogen and oxygen atoms in total. The van der Waals surface area contributed by atoms with Crippen molar-refractivity contribution >= 4 is 17.6 Å². The summed E-state index contributed by atoms with van der Waals surface area (Å²) < 4.78 is 6.82. The number of hydrogen-bond donors (Lipinski definition) is 2. The molecule has 0 saturated heterocycles.